The lowest BCUT2D eigenvalue weighted by atomic mass is 9.75. The maximum atomic E-state index is 14.9. The highest BCUT2D eigenvalue weighted by atomic mass is 19.1. The van der Waals surface area contributed by atoms with E-state index in [2.05, 4.69) is 0 Å². The number of piperidine rings is 1. The first-order chi connectivity index (χ1) is 17.4. The predicted octanol–water partition coefficient (Wildman–Crippen LogP) is 2.94. The number of para-hydroxylation sites is 2. The zero-order valence-electron chi connectivity index (χ0n) is 20.6. The van der Waals surface area contributed by atoms with E-state index in [0.29, 0.717) is 37.4 Å². The van der Waals surface area contributed by atoms with E-state index in [4.69, 9.17) is 14.2 Å². The van der Waals surface area contributed by atoms with Crippen molar-refractivity contribution in [2.45, 2.75) is 37.2 Å². The van der Waals surface area contributed by atoms with Crippen LogP contribution in [0, 0.1) is 5.82 Å². The molecule has 0 bridgehead atoms. The van der Waals surface area contributed by atoms with Crippen molar-refractivity contribution in [1.29, 1.82) is 0 Å². The van der Waals surface area contributed by atoms with Crippen LogP contribution in [0.5, 0.6) is 11.5 Å². The second-order valence-electron chi connectivity index (χ2n) is 9.11. The van der Waals surface area contributed by atoms with Crippen LogP contribution in [0.2, 0.25) is 0 Å². The molecule has 192 valence electrons. The van der Waals surface area contributed by atoms with Gasteiger partial charge in [-0.05, 0) is 18.2 Å². The lowest BCUT2D eigenvalue weighted by Gasteiger charge is -2.35. The molecule has 36 heavy (non-hydrogen) atoms. The highest BCUT2D eigenvalue weighted by molar-refractivity contribution is 6.10. The Labute approximate surface area is 209 Å². The fourth-order valence-corrected chi connectivity index (χ4v) is 4.99. The molecule has 0 spiro atoms. The number of nitrogens with zero attached hydrogens (tertiary/aromatic N) is 2. The van der Waals surface area contributed by atoms with Gasteiger partial charge in [-0.25, -0.2) is 4.39 Å². The van der Waals surface area contributed by atoms with Crippen LogP contribution in [-0.4, -0.2) is 74.1 Å². The van der Waals surface area contributed by atoms with Crippen LogP contribution in [0.15, 0.2) is 48.5 Å². The third kappa shape index (κ3) is 5.06. The molecule has 0 unspecified atom stereocenters. The Hall–Kier alpha value is -3.46. The number of carbonyl (C=O) groups is 3. The van der Waals surface area contributed by atoms with Crippen LogP contribution in [0.3, 0.4) is 0 Å². The molecule has 2 heterocycles. The van der Waals surface area contributed by atoms with Gasteiger partial charge in [0.1, 0.15) is 11.9 Å². The third-order valence-corrected chi connectivity index (χ3v) is 6.93. The minimum Gasteiger partial charge on any atom is -0.493 e. The second-order valence-corrected chi connectivity index (χ2v) is 9.11. The van der Waals surface area contributed by atoms with Crippen molar-refractivity contribution in [3.8, 4) is 11.5 Å². The van der Waals surface area contributed by atoms with Gasteiger partial charge in [0.25, 0.3) is 0 Å². The van der Waals surface area contributed by atoms with Crippen molar-refractivity contribution < 1.29 is 33.0 Å². The van der Waals surface area contributed by atoms with Crippen LogP contribution < -0.4 is 9.47 Å². The van der Waals surface area contributed by atoms with Crippen LogP contribution in [0.1, 0.15) is 31.2 Å². The number of likely N-dealkylation sites (tertiary alicyclic amines) is 2. The van der Waals surface area contributed by atoms with E-state index in [1.54, 1.807) is 18.1 Å². The summed E-state index contributed by atoms with van der Waals surface area (Å²) >= 11 is 0. The summed E-state index contributed by atoms with van der Waals surface area (Å²) in [6.07, 6.45) is 0.576. The molecule has 0 saturated carbocycles. The number of imide groups is 1. The number of amides is 3. The summed E-state index contributed by atoms with van der Waals surface area (Å²) in [7, 11) is 3.06. The molecule has 4 rings (SSSR count). The quantitative estimate of drug-likeness (QED) is 0.495. The standard InChI is InChI=1S/C27H31FN2O6/c1-34-16-15-30-25(32)18-27(26(30)33,20-7-3-4-8-21(20)28)17-24(31)29-13-11-19(12-14-29)36-23-10-6-5-9-22(23)35-2/h3-10,19H,11-18H2,1-2H3/t27-/m1/s1. The highest BCUT2D eigenvalue weighted by Crippen LogP contribution is 2.41. The van der Waals surface area contributed by atoms with Gasteiger partial charge in [0.15, 0.2) is 11.5 Å². The Bertz CT molecular complexity index is 1120. The number of methoxy groups -OCH3 is 2. The fourth-order valence-electron chi connectivity index (χ4n) is 4.99. The lowest BCUT2D eigenvalue weighted by molar-refractivity contribution is -0.143. The molecule has 2 aliphatic rings. The predicted molar refractivity (Wildman–Crippen MR) is 129 cm³/mol. The van der Waals surface area contributed by atoms with Gasteiger partial charge in [0.05, 0.1) is 25.7 Å². The van der Waals surface area contributed by atoms with E-state index in [-0.39, 0.29) is 43.6 Å². The SMILES string of the molecule is COCCN1C(=O)C[C@](CC(=O)N2CCC(Oc3ccccc3OC)CC2)(c2ccccc2F)C1=O. The second kappa shape index (κ2) is 11.1. The van der Waals surface area contributed by atoms with Gasteiger partial charge in [0.2, 0.25) is 17.7 Å². The number of hydrogen-bond donors (Lipinski definition) is 0. The van der Waals surface area contributed by atoms with Gasteiger partial charge in [0, 0.05) is 51.4 Å². The molecule has 2 aliphatic heterocycles. The summed E-state index contributed by atoms with van der Waals surface area (Å²) < 4.78 is 31.4. The van der Waals surface area contributed by atoms with E-state index in [1.165, 1.54) is 25.3 Å². The monoisotopic (exact) mass is 498 g/mol. The first kappa shape index (κ1) is 25.6. The Morgan fingerprint density at radius 3 is 2.36 bits per heavy atom. The first-order valence-corrected chi connectivity index (χ1v) is 12.1. The summed E-state index contributed by atoms with van der Waals surface area (Å²) in [6, 6.07) is 13.3. The molecule has 2 fully saturated rings. The Morgan fingerprint density at radius 1 is 1.03 bits per heavy atom. The van der Waals surface area contributed by atoms with Crippen molar-refractivity contribution in [3.05, 3.63) is 59.9 Å². The smallest absolute Gasteiger partial charge is 0.241 e. The zero-order valence-corrected chi connectivity index (χ0v) is 20.6. The van der Waals surface area contributed by atoms with Crippen molar-refractivity contribution in [2.75, 3.05) is 40.5 Å². The number of hydrogen-bond acceptors (Lipinski definition) is 6. The minimum absolute atomic E-state index is 0.0598. The number of halogens is 1. The average Bonchev–Trinajstić information content (AvgIpc) is 3.12. The van der Waals surface area contributed by atoms with Gasteiger partial charge in [-0.1, -0.05) is 30.3 Å². The number of ether oxygens (including phenoxy) is 3. The molecule has 0 radical (unpaired) electrons. The Kier molecular flexibility index (Phi) is 7.88. The molecule has 0 aliphatic carbocycles. The molecule has 9 heteroatoms. The van der Waals surface area contributed by atoms with Crippen molar-refractivity contribution >= 4 is 17.7 Å². The van der Waals surface area contributed by atoms with E-state index in [9.17, 15) is 18.8 Å². The van der Waals surface area contributed by atoms with E-state index in [0.717, 1.165) is 4.90 Å². The minimum atomic E-state index is -1.57. The summed E-state index contributed by atoms with van der Waals surface area (Å²) in [5.74, 6) is -0.595. The zero-order chi connectivity index (χ0) is 25.7. The number of rotatable bonds is 9. The van der Waals surface area contributed by atoms with Crippen molar-refractivity contribution in [1.82, 2.24) is 9.80 Å². The van der Waals surface area contributed by atoms with Gasteiger partial charge in [-0.2, -0.15) is 0 Å². The van der Waals surface area contributed by atoms with Crippen molar-refractivity contribution in [3.63, 3.8) is 0 Å². The van der Waals surface area contributed by atoms with Gasteiger partial charge in [-0.3, -0.25) is 19.3 Å². The molecule has 2 aromatic rings. The lowest BCUT2D eigenvalue weighted by Crippen LogP contribution is -2.47. The third-order valence-electron chi connectivity index (χ3n) is 6.93. The summed E-state index contributed by atoms with van der Waals surface area (Å²) in [4.78, 5) is 42.5. The number of carbonyl (C=O) groups excluding carboxylic acids is 3. The largest absolute Gasteiger partial charge is 0.493 e. The average molecular weight is 499 g/mol. The molecule has 2 saturated heterocycles. The van der Waals surface area contributed by atoms with E-state index in [1.807, 2.05) is 24.3 Å². The molecule has 0 aromatic heterocycles. The van der Waals surface area contributed by atoms with E-state index >= 15 is 0 Å². The van der Waals surface area contributed by atoms with E-state index < -0.39 is 23.0 Å². The van der Waals surface area contributed by atoms with Crippen LogP contribution >= 0.6 is 0 Å². The topological polar surface area (TPSA) is 85.4 Å². The first-order valence-electron chi connectivity index (χ1n) is 12.1. The summed E-state index contributed by atoms with van der Waals surface area (Å²) in [5, 5.41) is 0. The fraction of sp³-hybridized carbons (Fsp3) is 0.444. The highest BCUT2D eigenvalue weighted by Gasteiger charge is 2.55. The maximum absolute atomic E-state index is 14.9. The normalized spacial score (nSPS) is 20.6. The van der Waals surface area contributed by atoms with Gasteiger partial charge < -0.3 is 19.1 Å². The number of benzene rings is 2. The molecule has 1 atom stereocenters. The van der Waals surface area contributed by atoms with Crippen LogP contribution in [0.4, 0.5) is 4.39 Å². The molecule has 2 aromatic carbocycles. The van der Waals surface area contributed by atoms with Gasteiger partial charge >= 0.3 is 0 Å². The van der Waals surface area contributed by atoms with Crippen LogP contribution in [-0.2, 0) is 24.5 Å². The molecule has 3 amide bonds. The maximum Gasteiger partial charge on any atom is 0.241 e. The summed E-state index contributed by atoms with van der Waals surface area (Å²) in [5.41, 5.74) is -1.50. The van der Waals surface area contributed by atoms with Crippen molar-refractivity contribution in [2.24, 2.45) is 0 Å². The Balaban J connectivity index is 1.48. The molecule has 8 nitrogen and oxygen atoms in total. The molecular weight excluding hydrogens is 467 g/mol. The Morgan fingerprint density at radius 2 is 1.69 bits per heavy atom. The summed E-state index contributed by atoms with van der Waals surface area (Å²) in [6.45, 7) is 1.09. The van der Waals surface area contributed by atoms with Gasteiger partial charge in [-0.15, -0.1) is 0 Å². The molecular formula is C27H31FN2O6. The molecule has 0 N–H and O–H groups in total. The van der Waals surface area contributed by atoms with Crippen LogP contribution in [0.25, 0.3) is 0 Å².